The van der Waals surface area contributed by atoms with Crippen LogP contribution in [0.5, 0.6) is 0 Å². The number of benzene rings is 1. The molecular weight excluding hydrogens is 312 g/mol. The lowest BCUT2D eigenvalue weighted by molar-refractivity contribution is -0.143. The molecule has 2 bridgehead atoms. The van der Waals surface area contributed by atoms with Crippen molar-refractivity contribution in [3.63, 3.8) is 0 Å². The third kappa shape index (κ3) is 2.15. The van der Waals surface area contributed by atoms with Gasteiger partial charge in [-0.25, -0.2) is 0 Å². The van der Waals surface area contributed by atoms with E-state index in [9.17, 15) is 9.90 Å². The van der Waals surface area contributed by atoms with Crippen LogP contribution in [-0.4, -0.2) is 21.1 Å². The highest BCUT2D eigenvalue weighted by molar-refractivity contribution is 6.31. The summed E-state index contributed by atoms with van der Waals surface area (Å²) in [7, 11) is 0. The Bertz CT molecular complexity index is 758. The van der Waals surface area contributed by atoms with E-state index >= 15 is 0 Å². The second kappa shape index (κ2) is 5.05. The highest BCUT2D eigenvalue weighted by Crippen LogP contribution is 2.61. The molecule has 1 heterocycles. The zero-order chi connectivity index (χ0) is 16.2. The van der Waals surface area contributed by atoms with E-state index in [-0.39, 0.29) is 10.8 Å². The van der Waals surface area contributed by atoms with Crippen molar-refractivity contribution >= 4 is 28.3 Å². The molecule has 5 heteroatoms. The topological polar surface area (TPSA) is 66.0 Å². The van der Waals surface area contributed by atoms with E-state index in [1.807, 2.05) is 12.1 Å². The molecule has 5 rings (SSSR count). The molecule has 23 heavy (non-hydrogen) atoms. The summed E-state index contributed by atoms with van der Waals surface area (Å²) in [4.78, 5) is 12.0. The van der Waals surface area contributed by atoms with Gasteiger partial charge in [0.15, 0.2) is 0 Å². The average Bonchev–Trinajstić information content (AvgIpc) is 3.03. The van der Waals surface area contributed by atoms with E-state index in [4.69, 9.17) is 11.6 Å². The number of aromatic amines is 1. The van der Waals surface area contributed by atoms with Gasteiger partial charge >= 0.3 is 0 Å². The van der Waals surface area contributed by atoms with E-state index in [0.717, 1.165) is 55.0 Å². The molecule has 0 spiro atoms. The van der Waals surface area contributed by atoms with E-state index in [1.54, 1.807) is 13.1 Å². The number of aromatic nitrogens is 2. The van der Waals surface area contributed by atoms with Crippen molar-refractivity contribution in [2.75, 3.05) is 0 Å². The molecule has 1 aromatic carbocycles. The summed E-state index contributed by atoms with van der Waals surface area (Å²) >= 11 is 6.23. The van der Waals surface area contributed by atoms with E-state index < -0.39 is 6.10 Å². The average molecular weight is 333 g/mol. The van der Waals surface area contributed by atoms with Crippen molar-refractivity contribution in [1.29, 1.82) is 0 Å². The lowest BCUT2D eigenvalue weighted by atomic mass is 9.50. The number of H-pyrrole nitrogens is 1. The molecule has 3 aliphatic carbocycles. The van der Waals surface area contributed by atoms with Crippen LogP contribution in [0, 0.1) is 10.8 Å². The Labute approximate surface area is 140 Å². The number of nitrogens with zero attached hydrogens (tertiary/aromatic N) is 1. The summed E-state index contributed by atoms with van der Waals surface area (Å²) in [5, 5.41) is 19.8. The van der Waals surface area contributed by atoms with Gasteiger partial charge in [-0.05, 0) is 57.6 Å². The summed E-state index contributed by atoms with van der Waals surface area (Å²) in [5.41, 5.74) is 1.44. The molecule has 2 aromatic rings. The summed E-state index contributed by atoms with van der Waals surface area (Å²) in [5.74, 6) is 0.319. The zero-order valence-electron chi connectivity index (χ0n) is 13.2. The Morgan fingerprint density at radius 1 is 1.26 bits per heavy atom. The minimum absolute atomic E-state index is 0.126. The number of ketones is 1. The fourth-order valence-electron chi connectivity index (χ4n) is 4.75. The van der Waals surface area contributed by atoms with Gasteiger partial charge < -0.3 is 5.11 Å². The van der Waals surface area contributed by atoms with Crippen molar-refractivity contribution in [1.82, 2.24) is 10.2 Å². The molecule has 0 radical (unpaired) electrons. The molecule has 0 saturated heterocycles. The van der Waals surface area contributed by atoms with Crippen molar-refractivity contribution in [3.8, 4) is 0 Å². The lowest BCUT2D eigenvalue weighted by Crippen LogP contribution is -2.47. The molecule has 4 nitrogen and oxygen atoms in total. The molecule has 3 fully saturated rings. The van der Waals surface area contributed by atoms with Gasteiger partial charge in [-0.3, -0.25) is 9.89 Å². The first-order valence-corrected chi connectivity index (χ1v) is 8.65. The fourth-order valence-corrected chi connectivity index (χ4v) is 4.98. The maximum absolute atomic E-state index is 12.0. The number of aliphatic hydroxyl groups excluding tert-OH is 1. The number of hydrogen-bond acceptors (Lipinski definition) is 3. The summed E-state index contributed by atoms with van der Waals surface area (Å²) in [6.07, 6.45) is 6.54. The Morgan fingerprint density at radius 2 is 1.91 bits per heavy atom. The third-order valence-electron chi connectivity index (χ3n) is 6.47. The number of carbonyl (C=O) groups excluding carboxylic acids is 1. The first-order chi connectivity index (χ1) is 11.0. The van der Waals surface area contributed by atoms with Crippen molar-refractivity contribution in [3.05, 3.63) is 28.9 Å². The predicted octanol–water partition coefficient (Wildman–Crippen LogP) is 4.18. The Morgan fingerprint density at radius 3 is 2.52 bits per heavy atom. The molecule has 122 valence electrons. The molecule has 2 N–H and O–H groups in total. The number of Topliss-reactive ketones (excluding diaryl/α,β-unsaturated/α-hetero) is 1. The smallest absolute Gasteiger partial charge is 0.135 e. The maximum atomic E-state index is 12.0. The van der Waals surface area contributed by atoms with Crippen LogP contribution >= 0.6 is 11.6 Å². The minimum atomic E-state index is -0.575. The largest absolute Gasteiger partial charge is 0.388 e. The van der Waals surface area contributed by atoms with E-state index in [0.29, 0.717) is 10.8 Å². The van der Waals surface area contributed by atoms with Crippen LogP contribution in [0.25, 0.3) is 10.9 Å². The van der Waals surface area contributed by atoms with Crippen LogP contribution in [0.3, 0.4) is 0 Å². The molecule has 0 aliphatic heterocycles. The summed E-state index contributed by atoms with van der Waals surface area (Å²) in [6, 6.07) is 3.71. The summed E-state index contributed by atoms with van der Waals surface area (Å²) in [6.45, 7) is 1.72. The van der Waals surface area contributed by atoms with Crippen LogP contribution in [0.1, 0.15) is 57.1 Å². The predicted molar refractivity (Wildman–Crippen MR) is 89.3 cm³/mol. The van der Waals surface area contributed by atoms with Crippen molar-refractivity contribution in [2.24, 2.45) is 10.8 Å². The standard InChI is InChI=1S/C18H21ClN2O2/c1-11(22)17-2-5-18(6-3-17,7-4-17)16(23)14-9-13(19)8-12-10-20-21-15(12)14/h8-10,16,23H,2-7H2,1H3,(H,20,21). The number of rotatable bonds is 3. The number of nitrogens with one attached hydrogen (secondary N) is 1. The Balaban J connectivity index is 1.71. The SMILES string of the molecule is CC(=O)C12CCC(C(O)c3cc(Cl)cc4cn[nH]c34)(CC1)CC2. The first kappa shape index (κ1) is 15.2. The first-order valence-electron chi connectivity index (χ1n) is 8.28. The second-order valence-electron chi connectivity index (χ2n) is 7.43. The Hall–Kier alpha value is -1.39. The summed E-state index contributed by atoms with van der Waals surface area (Å²) < 4.78 is 0. The van der Waals surface area contributed by atoms with Crippen molar-refractivity contribution in [2.45, 2.75) is 51.6 Å². The normalized spacial score (nSPS) is 31.4. The van der Waals surface area contributed by atoms with Crippen LogP contribution in [0.15, 0.2) is 18.3 Å². The molecular formula is C18H21ClN2O2. The van der Waals surface area contributed by atoms with Crippen LogP contribution in [-0.2, 0) is 4.79 Å². The van der Waals surface area contributed by atoms with Gasteiger partial charge in [-0.1, -0.05) is 11.6 Å². The number of hydrogen-bond donors (Lipinski definition) is 2. The number of fused-ring (bicyclic) bond motifs is 4. The molecule has 3 saturated carbocycles. The van der Waals surface area contributed by atoms with Gasteiger partial charge in [0, 0.05) is 26.8 Å². The van der Waals surface area contributed by atoms with Crippen LogP contribution in [0.2, 0.25) is 5.02 Å². The number of aliphatic hydroxyl groups is 1. The second-order valence-corrected chi connectivity index (χ2v) is 7.87. The molecule has 1 atom stereocenters. The molecule has 1 aromatic heterocycles. The van der Waals surface area contributed by atoms with Gasteiger partial charge in [0.25, 0.3) is 0 Å². The van der Waals surface area contributed by atoms with Crippen molar-refractivity contribution < 1.29 is 9.90 Å². The molecule has 3 aliphatic rings. The lowest BCUT2D eigenvalue weighted by Gasteiger charge is -2.54. The van der Waals surface area contributed by atoms with Crippen LogP contribution in [0.4, 0.5) is 0 Å². The monoisotopic (exact) mass is 332 g/mol. The highest BCUT2D eigenvalue weighted by atomic mass is 35.5. The van der Waals surface area contributed by atoms with E-state index in [2.05, 4.69) is 10.2 Å². The molecule has 1 unspecified atom stereocenters. The quantitative estimate of drug-likeness (QED) is 0.886. The number of halogens is 1. The van der Waals surface area contributed by atoms with Gasteiger partial charge in [0.05, 0.1) is 17.8 Å². The zero-order valence-corrected chi connectivity index (χ0v) is 14.0. The van der Waals surface area contributed by atoms with Gasteiger partial charge in [-0.2, -0.15) is 5.10 Å². The van der Waals surface area contributed by atoms with Gasteiger partial charge in [0.1, 0.15) is 5.78 Å². The van der Waals surface area contributed by atoms with Gasteiger partial charge in [0.2, 0.25) is 0 Å². The highest BCUT2D eigenvalue weighted by Gasteiger charge is 2.54. The molecule has 0 amide bonds. The fraction of sp³-hybridized carbons (Fsp3) is 0.556. The Kier molecular flexibility index (Phi) is 3.33. The van der Waals surface area contributed by atoms with E-state index in [1.165, 1.54) is 0 Å². The van der Waals surface area contributed by atoms with Crippen LogP contribution < -0.4 is 0 Å². The number of carbonyl (C=O) groups is 1. The minimum Gasteiger partial charge on any atom is -0.388 e. The third-order valence-corrected chi connectivity index (χ3v) is 6.69. The van der Waals surface area contributed by atoms with Gasteiger partial charge in [-0.15, -0.1) is 0 Å². The maximum Gasteiger partial charge on any atom is 0.135 e.